The fourth-order valence-electron chi connectivity index (χ4n) is 4.50. The first-order chi connectivity index (χ1) is 17.5. The number of amides is 1. The van der Waals surface area contributed by atoms with Crippen molar-refractivity contribution in [1.29, 1.82) is 0 Å². The Balaban J connectivity index is 1.46. The van der Waals surface area contributed by atoms with Gasteiger partial charge in [-0.25, -0.2) is 9.07 Å². The van der Waals surface area contributed by atoms with E-state index in [1.165, 1.54) is 12.1 Å². The fourth-order valence-corrected chi connectivity index (χ4v) is 4.50. The first-order valence-electron chi connectivity index (χ1n) is 11.6. The summed E-state index contributed by atoms with van der Waals surface area (Å²) >= 11 is 0. The summed E-state index contributed by atoms with van der Waals surface area (Å²) in [6.07, 6.45) is 0.293. The molecule has 1 unspecified atom stereocenters. The molecule has 0 saturated carbocycles. The van der Waals surface area contributed by atoms with Gasteiger partial charge in [0.25, 0.3) is 0 Å². The van der Waals surface area contributed by atoms with E-state index in [4.69, 9.17) is 19.3 Å². The maximum atomic E-state index is 13.2. The Morgan fingerprint density at radius 1 is 1.00 bits per heavy atom. The number of ether oxygens (including phenoxy) is 3. The molecule has 0 spiro atoms. The molecule has 36 heavy (non-hydrogen) atoms. The Kier molecular flexibility index (Phi) is 6.33. The molecule has 1 atom stereocenters. The van der Waals surface area contributed by atoms with Crippen LogP contribution >= 0.6 is 0 Å². The van der Waals surface area contributed by atoms with Gasteiger partial charge in [0.1, 0.15) is 24.0 Å². The summed E-state index contributed by atoms with van der Waals surface area (Å²) in [7, 11) is 3.20. The van der Waals surface area contributed by atoms with Gasteiger partial charge in [-0.1, -0.05) is 18.2 Å². The molecule has 5 rings (SSSR count). The number of fused-ring (bicyclic) bond motifs is 1. The van der Waals surface area contributed by atoms with Crippen LogP contribution in [0, 0.1) is 12.7 Å². The number of nitrogens with one attached hydrogen (secondary N) is 1. The highest BCUT2D eigenvalue weighted by atomic mass is 19.1. The lowest BCUT2D eigenvalue weighted by atomic mass is 9.85. The van der Waals surface area contributed by atoms with E-state index < -0.39 is 0 Å². The third kappa shape index (κ3) is 4.49. The molecule has 1 amide bonds. The van der Waals surface area contributed by atoms with Crippen molar-refractivity contribution >= 4 is 11.7 Å². The van der Waals surface area contributed by atoms with Gasteiger partial charge in [-0.15, -0.1) is 0 Å². The molecule has 3 aromatic carbocycles. The predicted molar refractivity (Wildman–Crippen MR) is 134 cm³/mol. The zero-order valence-electron chi connectivity index (χ0n) is 20.2. The highest BCUT2D eigenvalue weighted by Gasteiger charge is 2.33. The molecule has 8 heteroatoms. The van der Waals surface area contributed by atoms with E-state index >= 15 is 0 Å². The topological polar surface area (TPSA) is 74.6 Å². The van der Waals surface area contributed by atoms with E-state index in [9.17, 15) is 9.18 Å². The predicted octanol–water partition coefficient (Wildman–Crippen LogP) is 5.39. The first-order valence-corrected chi connectivity index (χ1v) is 11.6. The second-order valence-corrected chi connectivity index (χ2v) is 8.59. The summed E-state index contributed by atoms with van der Waals surface area (Å²) in [5.74, 6) is 1.96. The van der Waals surface area contributed by atoms with Crippen LogP contribution in [0.15, 0.2) is 66.7 Å². The van der Waals surface area contributed by atoms with Crippen LogP contribution < -0.4 is 19.5 Å². The van der Waals surface area contributed by atoms with Crippen LogP contribution in [0.4, 0.5) is 10.2 Å². The van der Waals surface area contributed by atoms with Gasteiger partial charge in [-0.3, -0.25) is 4.79 Å². The number of hydrogen-bond acceptors (Lipinski definition) is 5. The van der Waals surface area contributed by atoms with E-state index in [0.29, 0.717) is 23.7 Å². The number of aromatic nitrogens is 2. The number of anilines is 1. The maximum Gasteiger partial charge on any atom is 0.226 e. The number of aryl methyl sites for hydroxylation is 1. The molecular weight excluding hydrogens is 461 g/mol. The second-order valence-electron chi connectivity index (χ2n) is 8.59. The Labute approximate surface area is 208 Å². The lowest BCUT2D eigenvalue weighted by molar-refractivity contribution is -0.116. The van der Waals surface area contributed by atoms with Crippen molar-refractivity contribution in [3.63, 3.8) is 0 Å². The SMILES string of the molecule is COc1ccc(-n2nc(C)c3c2NC(=O)CC3c2ccc(OCc3ccc(F)cc3)c(OC)c2)cc1. The smallest absolute Gasteiger partial charge is 0.226 e. The van der Waals surface area contributed by atoms with E-state index in [0.717, 1.165) is 33.8 Å². The van der Waals surface area contributed by atoms with E-state index in [1.54, 1.807) is 31.0 Å². The molecule has 0 aliphatic carbocycles. The molecule has 0 radical (unpaired) electrons. The van der Waals surface area contributed by atoms with Crippen LogP contribution in [-0.2, 0) is 11.4 Å². The number of hydrogen-bond donors (Lipinski definition) is 1. The third-order valence-corrected chi connectivity index (χ3v) is 6.32. The molecule has 1 N–H and O–H groups in total. The molecular formula is C28H26FN3O4. The van der Waals surface area contributed by atoms with Crippen molar-refractivity contribution in [3.05, 3.63) is 94.9 Å². The van der Waals surface area contributed by atoms with Crippen molar-refractivity contribution in [2.75, 3.05) is 19.5 Å². The average molecular weight is 488 g/mol. The molecule has 184 valence electrons. The van der Waals surface area contributed by atoms with Gasteiger partial charge in [-0.2, -0.15) is 5.10 Å². The minimum atomic E-state index is -0.290. The standard InChI is InChI=1S/C28H26FN3O4/c1-17-27-23(15-26(33)30-28(27)32(31-17)21-9-11-22(34-2)12-10-21)19-6-13-24(25(14-19)35-3)36-16-18-4-7-20(29)8-5-18/h4-14,23H,15-16H2,1-3H3,(H,30,33). The second kappa shape index (κ2) is 9.73. The van der Waals surface area contributed by atoms with Gasteiger partial charge in [0.2, 0.25) is 5.91 Å². The quantitative estimate of drug-likeness (QED) is 0.378. The van der Waals surface area contributed by atoms with Crippen molar-refractivity contribution in [2.24, 2.45) is 0 Å². The van der Waals surface area contributed by atoms with Crippen molar-refractivity contribution < 1.29 is 23.4 Å². The number of carbonyl (C=O) groups is 1. The monoisotopic (exact) mass is 487 g/mol. The van der Waals surface area contributed by atoms with E-state index in [-0.39, 0.29) is 24.2 Å². The Hall–Kier alpha value is -4.33. The highest BCUT2D eigenvalue weighted by molar-refractivity contribution is 5.95. The molecule has 2 heterocycles. The van der Waals surface area contributed by atoms with Crippen LogP contribution in [0.3, 0.4) is 0 Å². The molecule has 0 saturated heterocycles. The lowest BCUT2D eigenvalue weighted by Gasteiger charge is -2.25. The van der Waals surface area contributed by atoms with Gasteiger partial charge < -0.3 is 19.5 Å². The van der Waals surface area contributed by atoms with Crippen LogP contribution in [0.2, 0.25) is 0 Å². The molecule has 4 aromatic rings. The lowest BCUT2D eigenvalue weighted by Crippen LogP contribution is -2.25. The van der Waals surface area contributed by atoms with Crippen molar-refractivity contribution in [3.8, 4) is 22.9 Å². The molecule has 1 aromatic heterocycles. The number of carbonyl (C=O) groups excluding carboxylic acids is 1. The zero-order chi connectivity index (χ0) is 25.2. The van der Waals surface area contributed by atoms with Crippen LogP contribution in [0.5, 0.6) is 17.2 Å². The summed E-state index contributed by atoms with van der Waals surface area (Å²) < 4.78 is 31.7. The average Bonchev–Trinajstić information content (AvgIpc) is 3.23. The van der Waals surface area contributed by atoms with Crippen LogP contribution in [0.25, 0.3) is 5.69 Å². The number of benzene rings is 3. The van der Waals surface area contributed by atoms with E-state index in [1.807, 2.05) is 49.4 Å². The number of halogens is 1. The summed E-state index contributed by atoms with van der Waals surface area (Å²) in [6, 6.07) is 19.4. The number of methoxy groups -OCH3 is 2. The zero-order valence-corrected chi connectivity index (χ0v) is 20.2. The Morgan fingerprint density at radius 2 is 1.75 bits per heavy atom. The van der Waals surface area contributed by atoms with Gasteiger partial charge in [0.05, 0.1) is 25.6 Å². The normalized spacial score (nSPS) is 14.7. The molecule has 0 bridgehead atoms. The summed E-state index contributed by atoms with van der Waals surface area (Å²) in [4.78, 5) is 12.8. The molecule has 0 fully saturated rings. The fraction of sp³-hybridized carbons (Fsp3) is 0.214. The third-order valence-electron chi connectivity index (χ3n) is 6.32. The minimum absolute atomic E-state index is 0.0854. The Morgan fingerprint density at radius 3 is 2.44 bits per heavy atom. The highest BCUT2D eigenvalue weighted by Crippen LogP contribution is 2.42. The molecule has 1 aliphatic rings. The summed E-state index contributed by atoms with van der Waals surface area (Å²) in [5.41, 5.74) is 4.39. The summed E-state index contributed by atoms with van der Waals surface area (Å²) in [5, 5.41) is 7.74. The molecule has 1 aliphatic heterocycles. The maximum absolute atomic E-state index is 13.2. The van der Waals surface area contributed by atoms with Gasteiger partial charge >= 0.3 is 0 Å². The van der Waals surface area contributed by atoms with E-state index in [2.05, 4.69) is 5.32 Å². The van der Waals surface area contributed by atoms with Crippen LogP contribution in [-0.4, -0.2) is 29.9 Å². The number of rotatable bonds is 7. The van der Waals surface area contributed by atoms with Gasteiger partial charge in [-0.05, 0) is 66.6 Å². The van der Waals surface area contributed by atoms with Gasteiger partial charge in [0, 0.05) is 17.9 Å². The van der Waals surface area contributed by atoms with Crippen molar-refractivity contribution in [1.82, 2.24) is 9.78 Å². The van der Waals surface area contributed by atoms with Gasteiger partial charge in [0.15, 0.2) is 11.5 Å². The number of nitrogens with zero attached hydrogens (tertiary/aromatic N) is 2. The molecule has 7 nitrogen and oxygen atoms in total. The van der Waals surface area contributed by atoms with Crippen LogP contribution in [0.1, 0.15) is 34.7 Å². The largest absolute Gasteiger partial charge is 0.497 e. The minimum Gasteiger partial charge on any atom is -0.497 e. The summed E-state index contributed by atoms with van der Waals surface area (Å²) in [6.45, 7) is 2.22. The Bertz CT molecular complexity index is 1400. The first kappa shape index (κ1) is 23.4. The van der Waals surface area contributed by atoms with Crippen molar-refractivity contribution in [2.45, 2.75) is 25.9 Å².